The standard InChI is InChI=1S/C14H21.Ni/c1-2-3-4-5-6-8-11-14-12-9-7-10-13-14;/h7,9-10,12H,2-6,8,11H2,1H3;. The van der Waals surface area contributed by atoms with Crippen LogP contribution in [0.1, 0.15) is 51.0 Å². The fraction of sp³-hybridized carbons (Fsp3) is 0.571. The molecule has 0 amide bonds. The molecule has 1 aromatic carbocycles. The number of aryl methyl sites for hydroxylation is 1. The maximum absolute atomic E-state index is 4.97. The second-order valence-electron chi connectivity index (χ2n) is 4.08. The van der Waals surface area contributed by atoms with Gasteiger partial charge in [-0.2, -0.15) is 0 Å². The SMILES string of the molecule is CCCCCCCCc1cccc[c]1[Ni]. The molecular weight excluding hydrogens is 227 g/mol. The van der Waals surface area contributed by atoms with Gasteiger partial charge in [0.05, 0.1) is 0 Å². The van der Waals surface area contributed by atoms with Crippen molar-refractivity contribution in [3.8, 4) is 0 Å². The van der Waals surface area contributed by atoms with E-state index in [0.717, 1.165) is 4.53 Å². The van der Waals surface area contributed by atoms with E-state index in [0.29, 0.717) is 0 Å². The Labute approximate surface area is 102 Å². The van der Waals surface area contributed by atoms with Crippen molar-refractivity contribution in [2.45, 2.75) is 51.9 Å². The van der Waals surface area contributed by atoms with Gasteiger partial charge in [0.15, 0.2) is 0 Å². The molecule has 15 heavy (non-hydrogen) atoms. The molecule has 0 saturated carbocycles. The number of hydrogen-bond donors (Lipinski definition) is 0. The Kier molecular flexibility index (Phi) is 6.76. The molecule has 1 aromatic rings. The van der Waals surface area contributed by atoms with Gasteiger partial charge in [-0.25, -0.2) is 0 Å². The van der Waals surface area contributed by atoms with Crippen LogP contribution in [0.2, 0.25) is 0 Å². The van der Waals surface area contributed by atoms with Crippen LogP contribution in [0.4, 0.5) is 0 Å². The molecule has 0 radical (unpaired) electrons. The number of benzene rings is 1. The van der Waals surface area contributed by atoms with Crippen LogP contribution in [0.25, 0.3) is 0 Å². The normalized spacial score (nSPS) is 10.6. The number of hydrogen-bond acceptors (Lipinski definition) is 0. The minimum absolute atomic E-state index is 1.08. The first kappa shape index (κ1) is 12.8. The van der Waals surface area contributed by atoms with E-state index >= 15 is 0 Å². The molecule has 0 saturated heterocycles. The molecular formula is C14H21Ni. The van der Waals surface area contributed by atoms with Gasteiger partial charge in [0, 0.05) is 0 Å². The van der Waals surface area contributed by atoms with Gasteiger partial charge in [-0.15, -0.1) is 0 Å². The van der Waals surface area contributed by atoms with Crippen LogP contribution < -0.4 is 4.53 Å². The van der Waals surface area contributed by atoms with E-state index in [1.54, 1.807) is 0 Å². The second-order valence-corrected chi connectivity index (χ2v) is 4.61. The molecule has 0 fully saturated rings. The maximum atomic E-state index is 4.97. The van der Waals surface area contributed by atoms with E-state index in [-0.39, 0.29) is 0 Å². The first-order valence-electron chi connectivity index (χ1n) is 6.05. The molecule has 87 valence electrons. The summed E-state index contributed by atoms with van der Waals surface area (Å²) in [5, 5.41) is 0. The zero-order chi connectivity index (χ0) is 10.9. The first-order valence-corrected chi connectivity index (χ1v) is 6.54. The van der Waals surface area contributed by atoms with E-state index < -0.39 is 0 Å². The monoisotopic (exact) mass is 247 g/mol. The zero-order valence-electron chi connectivity index (χ0n) is 9.58. The van der Waals surface area contributed by atoms with Crippen LogP contribution in [0.3, 0.4) is 0 Å². The molecule has 0 aliphatic rings. The Bertz CT molecular complexity index is 268. The molecule has 0 atom stereocenters. The third kappa shape index (κ3) is 5.37. The van der Waals surface area contributed by atoms with Crippen molar-refractivity contribution < 1.29 is 15.5 Å². The van der Waals surface area contributed by atoms with Crippen LogP contribution in [-0.4, -0.2) is 0 Å². The van der Waals surface area contributed by atoms with Crippen molar-refractivity contribution in [2.75, 3.05) is 0 Å². The van der Waals surface area contributed by atoms with E-state index in [1.165, 1.54) is 50.5 Å². The van der Waals surface area contributed by atoms with Crippen molar-refractivity contribution >= 4 is 4.53 Å². The van der Waals surface area contributed by atoms with Crippen molar-refractivity contribution in [2.24, 2.45) is 0 Å². The summed E-state index contributed by atoms with van der Waals surface area (Å²) in [7, 11) is 0. The van der Waals surface area contributed by atoms with Gasteiger partial charge in [-0.1, -0.05) is 0 Å². The molecule has 1 heteroatoms. The number of rotatable bonds is 7. The summed E-state index contributed by atoms with van der Waals surface area (Å²) in [5.41, 5.74) is 1.37. The molecule has 0 N–H and O–H groups in total. The van der Waals surface area contributed by atoms with Crippen LogP contribution in [0.15, 0.2) is 24.3 Å². The van der Waals surface area contributed by atoms with Crippen molar-refractivity contribution in [1.82, 2.24) is 0 Å². The third-order valence-corrected chi connectivity index (χ3v) is 3.21. The molecule has 0 bridgehead atoms. The van der Waals surface area contributed by atoms with E-state index in [4.69, 9.17) is 15.5 Å². The van der Waals surface area contributed by atoms with Gasteiger partial charge < -0.3 is 0 Å². The molecule has 0 aliphatic carbocycles. The van der Waals surface area contributed by atoms with Crippen molar-refractivity contribution in [3.63, 3.8) is 0 Å². The van der Waals surface area contributed by atoms with Crippen LogP contribution in [-0.2, 0) is 21.9 Å². The zero-order valence-corrected chi connectivity index (χ0v) is 10.6. The van der Waals surface area contributed by atoms with Gasteiger partial charge in [0.1, 0.15) is 0 Å². The Morgan fingerprint density at radius 1 is 0.933 bits per heavy atom. The molecule has 0 nitrogen and oxygen atoms in total. The summed E-state index contributed by atoms with van der Waals surface area (Å²) >= 11 is 4.97. The fourth-order valence-electron chi connectivity index (χ4n) is 1.78. The van der Waals surface area contributed by atoms with Gasteiger partial charge >= 0.3 is 102 Å². The van der Waals surface area contributed by atoms with E-state index in [2.05, 4.69) is 19.1 Å². The Hall–Kier alpha value is -0.286. The molecule has 0 unspecified atom stereocenters. The topological polar surface area (TPSA) is 0 Å². The summed E-state index contributed by atoms with van der Waals surface area (Å²) in [6.07, 6.45) is 9.32. The van der Waals surface area contributed by atoms with Crippen molar-refractivity contribution in [1.29, 1.82) is 0 Å². The average Bonchev–Trinajstić information content (AvgIpc) is 2.25. The second kappa shape index (κ2) is 7.93. The predicted molar refractivity (Wildman–Crippen MR) is 63.2 cm³/mol. The Balaban J connectivity index is 2.12. The molecule has 0 aromatic heterocycles. The minimum atomic E-state index is 1.08. The van der Waals surface area contributed by atoms with Gasteiger partial charge in [-0.3, -0.25) is 0 Å². The third-order valence-electron chi connectivity index (χ3n) is 2.73. The predicted octanol–water partition coefficient (Wildman–Crippen LogP) is 3.76. The summed E-state index contributed by atoms with van der Waals surface area (Å²) in [4.78, 5) is 0. The van der Waals surface area contributed by atoms with Crippen LogP contribution in [0.5, 0.6) is 0 Å². The summed E-state index contributed by atoms with van der Waals surface area (Å²) in [6, 6.07) is 8.34. The van der Waals surface area contributed by atoms with Gasteiger partial charge in [0.25, 0.3) is 0 Å². The fourth-order valence-corrected chi connectivity index (χ4v) is 2.08. The first-order chi connectivity index (χ1) is 7.34. The van der Waals surface area contributed by atoms with Crippen molar-refractivity contribution in [3.05, 3.63) is 29.8 Å². The Morgan fingerprint density at radius 2 is 1.60 bits per heavy atom. The van der Waals surface area contributed by atoms with E-state index in [1.807, 2.05) is 12.1 Å². The average molecular weight is 248 g/mol. The molecule has 0 heterocycles. The number of unbranched alkanes of at least 4 members (excludes halogenated alkanes) is 5. The molecule has 1 rings (SSSR count). The molecule has 0 spiro atoms. The van der Waals surface area contributed by atoms with Gasteiger partial charge in [0.2, 0.25) is 0 Å². The van der Waals surface area contributed by atoms with E-state index in [9.17, 15) is 0 Å². The van der Waals surface area contributed by atoms with Crippen LogP contribution in [0, 0.1) is 0 Å². The summed E-state index contributed by atoms with van der Waals surface area (Å²) in [6.45, 7) is 2.26. The van der Waals surface area contributed by atoms with Gasteiger partial charge in [-0.05, 0) is 0 Å². The summed E-state index contributed by atoms with van der Waals surface area (Å²) < 4.78 is 1.08. The molecule has 0 aliphatic heterocycles. The quantitative estimate of drug-likeness (QED) is 0.509. The Morgan fingerprint density at radius 3 is 2.33 bits per heavy atom. The van der Waals surface area contributed by atoms with Crippen LogP contribution >= 0.6 is 0 Å². The summed E-state index contributed by atoms with van der Waals surface area (Å²) in [5.74, 6) is 0.